The molecule has 46 heavy (non-hydrogen) atoms. The van der Waals surface area contributed by atoms with Crippen molar-refractivity contribution in [1.29, 1.82) is 0 Å². The molecule has 0 aromatic heterocycles. The highest BCUT2D eigenvalue weighted by Crippen LogP contribution is 2.30. The predicted octanol–water partition coefficient (Wildman–Crippen LogP) is 6.29. The van der Waals surface area contributed by atoms with Gasteiger partial charge in [0.15, 0.2) is 11.0 Å². The van der Waals surface area contributed by atoms with Crippen LogP contribution in [0.5, 0.6) is 5.75 Å². The lowest BCUT2D eigenvalue weighted by Gasteiger charge is -2.36. The molecule has 0 aliphatic carbocycles. The van der Waals surface area contributed by atoms with Crippen molar-refractivity contribution >= 4 is 52.0 Å². The summed E-state index contributed by atoms with van der Waals surface area (Å²) in [6, 6.07) is 34.5. The highest BCUT2D eigenvalue weighted by atomic mass is 32.2. The van der Waals surface area contributed by atoms with E-state index in [1.54, 1.807) is 17.9 Å². The molecule has 2 aliphatic rings. The fourth-order valence-electron chi connectivity index (χ4n) is 5.30. The number of rotatable bonds is 9. The van der Waals surface area contributed by atoms with Gasteiger partial charge >= 0.3 is 0 Å². The summed E-state index contributed by atoms with van der Waals surface area (Å²) < 4.78 is 5.90. The summed E-state index contributed by atoms with van der Waals surface area (Å²) in [6.07, 6.45) is 1.76. The van der Waals surface area contributed by atoms with Gasteiger partial charge in [-0.25, -0.2) is 4.99 Å². The summed E-state index contributed by atoms with van der Waals surface area (Å²) in [5.74, 6) is 0.710. The highest BCUT2D eigenvalue weighted by Gasteiger charge is 2.33. The van der Waals surface area contributed by atoms with E-state index >= 15 is 0 Å². The van der Waals surface area contributed by atoms with Crippen LogP contribution in [-0.4, -0.2) is 59.6 Å². The molecule has 0 saturated carbocycles. The number of carbonyl (C=O) groups is 3. The van der Waals surface area contributed by atoms with Crippen LogP contribution in [0, 0.1) is 0 Å². The average Bonchev–Trinajstić information content (AvgIpc) is 3.41. The zero-order valence-electron chi connectivity index (χ0n) is 25.5. The maximum Gasteiger partial charge on any atom is 0.283 e. The van der Waals surface area contributed by atoms with Crippen molar-refractivity contribution in [2.45, 2.75) is 13.5 Å². The molecule has 0 bridgehead atoms. The number of ketones is 1. The molecule has 2 heterocycles. The molecule has 4 aromatic carbocycles. The third kappa shape index (κ3) is 7.38. The number of amidine groups is 1. The topological polar surface area (TPSA) is 82.5 Å². The van der Waals surface area contributed by atoms with Crippen LogP contribution in [0.15, 0.2) is 120 Å². The first-order valence-corrected chi connectivity index (χ1v) is 16.2. The van der Waals surface area contributed by atoms with Gasteiger partial charge in [-0.2, -0.15) is 0 Å². The number of piperazine rings is 1. The van der Waals surface area contributed by atoms with E-state index in [9.17, 15) is 14.4 Å². The van der Waals surface area contributed by atoms with Crippen LogP contribution >= 0.6 is 11.8 Å². The monoisotopic (exact) mass is 630 g/mol. The van der Waals surface area contributed by atoms with Crippen LogP contribution in [0.2, 0.25) is 0 Å². The fourth-order valence-corrected chi connectivity index (χ4v) is 6.21. The lowest BCUT2D eigenvalue weighted by Crippen LogP contribution is -2.49. The van der Waals surface area contributed by atoms with E-state index in [2.05, 4.69) is 4.90 Å². The number of anilines is 2. The molecule has 2 amide bonds. The minimum atomic E-state index is -0.241. The number of hydrogen-bond donors (Lipinski definition) is 0. The van der Waals surface area contributed by atoms with Gasteiger partial charge in [-0.05, 0) is 72.7 Å². The lowest BCUT2D eigenvalue weighted by atomic mass is 10.1. The maximum atomic E-state index is 13.6. The molecule has 6 rings (SSSR count). The molecule has 0 spiro atoms. The number of carbonyl (C=O) groups excluding carboxylic acids is 3. The summed E-state index contributed by atoms with van der Waals surface area (Å²) in [6.45, 7) is 4.63. The van der Waals surface area contributed by atoms with Crippen LogP contribution in [0.25, 0.3) is 6.08 Å². The van der Waals surface area contributed by atoms with Gasteiger partial charge in [0.25, 0.3) is 5.91 Å². The van der Waals surface area contributed by atoms with Gasteiger partial charge < -0.3 is 14.5 Å². The summed E-state index contributed by atoms with van der Waals surface area (Å²) in [4.78, 5) is 48.8. The number of benzene rings is 4. The summed E-state index contributed by atoms with van der Waals surface area (Å²) in [5.41, 5.74) is 4.64. The molecule has 2 aliphatic heterocycles. The third-order valence-electron chi connectivity index (χ3n) is 7.87. The van der Waals surface area contributed by atoms with Crippen molar-refractivity contribution < 1.29 is 19.1 Å². The van der Waals surface area contributed by atoms with Gasteiger partial charge in [0.2, 0.25) is 5.91 Å². The number of amides is 2. The molecule has 0 atom stereocenters. The van der Waals surface area contributed by atoms with E-state index < -0.39 is 0 Å². The number of aliphatic imine (C=N–C) groups is 1. The van der Waals surface area contributed by atoms with Crippen molar-refractivity contribution in [2.24, 2.45) is 4.99 Å². The second-order valence-corrected chi connectivity index (χ2v) is 11.9. The number of nitrogens with zero attached hydrogens (tertiary/aromatic N) is 4. The maximum absolute atomic E-state index is 13.6. The van der Waals surface area contributed by atoms with Gasteiger partial charge in [-0.1, -0.05) is 72.4 Å². The SMILES string of the molecule is CC(=O)c1ccc(N2CCN(C(=O)CSC3=NC(=Cc4ccc(OCc5ccccc5)cc4)C(=O)N3c3ccccc3)CC2)cc1. The smallest absolute Gasteiger partial charge is 0.283 e. The Bertz CT molecular complexity index is 1750. The van der Waals surface area contributed by atoms with Gasteiger partial charge in [0.05, 0.1) is 11.4 Å². The van der Waals surface area contributed by atoms with E-state index in [0.29, 0.717) is 54.9 Å². The summed E-state index contributed by atoms with van der Waals surface area (Å²) >= 11 is 1.27. The standard InChI is InChI=1S/C37H34N4O4S/c1-27(42)30-14-16-31(17-15-30)39-20-22-40(23-21-39)35(43)26-46-37-38-34(36(44)41(37)32-10-6-3-7-11-32)24-28-12-18-33(19-13-28)45-25-29-8-4-2-5-9-29/h2-19,24H,20-23,25-26H2,1H3. The molecule has 232 valence electrons. The number of ether oxygens (including phenoxy) is 1. The second kappa shape index (κ2) is 14.3. The van der Waals surface area contributed by atoms with E-state index in [0.717, 1.165) is 22.6 Å². The Morgan fingerprint density at radius 1 is 0.804 bits per heavy atom. The molecule has 0 N–H and O–H groups in total. The number of Topliss-reactive ketones (excluding diaryl/α,β-unsaturated/α-hetero) is 1. The van der Waals surface area contributed by atoms with Crippen molar-refractivity contribution in [1.82, 2.24) is 4.90 Å². The normalized spacial score (nSPS) is 15.7. The van der Waals surface area contributed by atoms with E-state index in [1.807, 2.05) is 114 Å². The Balaban J connectivity index is 1.10. The molecule has 1 saturated heterocycles. The van der Waals surface area contributed by atoms with Gasteiger partial charge in [0, 0.05) is 37.4 Å². The van der Waals surface area contributed by atoms with Crippen molar-refractivity contribution in [3.05, 3.63) is 132 Å². The predicted molar refractivity (Wildman–Crippen MR) is 184 cm³/mol. The quantitative estimate of drug-likeness (QED) is 0.160. The Kier molecular flexibility index (Phi) is 9.59. The zero-order chi connectivity index (χ0) is 31.9. The van der Waals surface area contributed by atoms with Crippen molar-refractivity contribution in [3.63, 3.8) is 0 Å². The number of para-hydroxylation sites is 1. The van der Waals surface area contributed by atoms with Crippen molar-refractivity contribution in [3.8, 4) is 5.75 Å². The van der Waals surface area contributed by atoms with Crippen LogP contribution in [-0.2, 0) is 16.2 Å². The van der Waals surface area contributed by atoms with Crippen LogP contribution in [0.3, 0.4) is 0 Å². The van der Waals surface area contributed by atoms with Crippen LogP contribution in [0.1, 0.15) is 28.4 Å². The Hall–Kier alpha value is -5.15. The van der Waals surface area contributed by atoms with Crippen LogP contribution in [0.4, 0.5) is 11.4 Å². The first-order chi connectivity index (χ1) is 22.4. The molecule has 9 heteroatoms. The van der Waals surface area contributed by atoms with Crippen molar-refractivity contribution in [2.75, 3.05) is 41.7 Å². The molecule has 1 fully saturated rings. The minimum absolute atomic E-state index is 0.00302. The Morgan fingerprint density at radius 3 is 2.11 bits per heavy atom. The third-order valence-corrected chi connectivity index (χ3v) is 8.80. The molecule has 0 unspecified atom stereocenters. The number of hydrogen-bond acceptors (Lipinski definition) is 7. The first kappa shape index (κ1) is 30.9. The molecule has 8 nitrogen and oxygen atoms in total. The minimum Gasteiger partial charge on any atom is -0.489 e. The molecular weight excluding hydrogens is 596 g/mol. The van der Waals surface area contributed by atoms with Gasteiger partial charge in [-0.15, -0.1) is 0 Å². The lowest BCUT2D eigenvalue weighted by molar-refractivity contribution is -0.128. The Morgan fingerprint density at radius 2 is 1.46 bits per heavy atom. The zero-order valence-corrected chi connectivity index (χ0v) is 26.4. The largest absolute Gasteiger partial charge is 0.489 e. The van der Waals surface area contributed by atoms with Gasteiger partial charge in [-0.3, -0.25) is 19.3 Å². The average molecular weight is 631 g/mol. The number of thioether (sulfide) groups is 1. The summed E-state index contributed by atoms with van der Waals surface area (Å²) in [5, 5.41) is 0.475. The summed E-state index contributed by atoms with van der Waals surface area (Å²) in [7, 11) is 0. The van der Waals surface area contributed by atoms with E-state index in [4.69, 9.17) is 9.73 Å². The van der Waals surface area contributed by atoms with E-state index in [-0.39, 0.29) is 23.4 Å². The molecule has 4 aromatic rings. The highest BCUT2D eigenvalue weighted by molar-refractivity contribution is 8.14. The van der Waals surface area contributed by atoms with E-state index in [1.165, 1.54) is 11.8 Å². The second-order valence-electron chi connectivity index (χ2n) is 11.0. The van der Waals surface area contributed by atoms with Crippen LogP contribution < -0.4 is 14.5 Å². The molecule has 0 radical (unpaired) electrons. The molecular formula is C37H34N4O4S. The Labute approximate surface area is 273 Å². The first-order valence-electron chi connectivity index (χ1n) is 15.2. The van der Waals surface area contributed by atoms with Gasteiger partial charge in [0.1, 0.15) is 18.1 Å². The fraction of sp³-hybridized carbons (Fsp3) is 0.189.